The Labute approximate surface area is 97.5 Å². The fourth-order valence-electron chi connectivity index (χ4n) is 1.57. The molecule has 0 fully saturated rings. The van der Waals surface area contributed by atoms with Crippen LogP contribution in [0.2, 0.25) is 0 Å². The molecule has 3 nitrogen and oxygen atoms in total. The normalized spacial score (nSPS) is 10.8. The smallest absolute Gasteiger partial charge is 0.143 e. The van der Waals surface area contributed by atoms with E-state index in [1.54, 1.807) is 0 Å². The number of ether oxygens (including phenoxy) is 1. The predicted octanol–water partition coefficient (Wildman–Crippen LogP) is 2.70. The molecule has 1 heterocycles. The summed E-state index contributed by atoms with van der Waals surface area (Å²) in [5.41, 5.74) is 1.53. The van der Waals surface area contributed by atoms with Crippen LogP contribution in [-0.4, -0.2) is 16.7 Å². The standard InChI is InChI=1S/C13H21NO2/c1-4-11(5-2)9-16-13-7-6-10(3)14-12(13)8-15/h6-7,11,15H,4-5,8-9H2,1-3H3. The Balaban J connectivity index is 2.65. The Bertz CT molecular complexity index is 322. The van der Waals surface area contributed by atoms with E-state index in [1.165, 1.54) is 0 Å². The second-order valence-corrected chi connectivity index (χ2v) is 4.05. The molecule has 0 bridgehead atoms. The Morgan fingerprint density at radius 3 is 2.56 bits per heavy atom. The number of pyridine rings is 1. The molecule has 0 unspecified atom stereocenters. The largest absolute Gasteiger partial charge is 0.491 e. The van der Waals surface area contributed by atoms with Gasteiger partial charge in [-0.1, -0.05) is 26.7 Å². The summed E-state index contributed by atoms with van der Waals surface area (Å²) < 4.78 is 5.70. The van der Waals surface area contributed by atoms with Crippen molar-refractivity contribution in [1.29, 1.82) is 0 Å². The Morgan fingerprint density at radius 2 is 2.00 bits per heavy atom. The van der Waals surface area contributed by atoms with E-state index in [0.717, 1.165) is 18.5 Å². The summed E-state index contributed by atoms with van der Waals surface area (Å²) in [7, 11) is 0. The summed E-state index contributed by atoms with van der Waals surface area (Å²) in [6.45, 7) is 6.87. The first-order valence-electron chi connectivity index (χ1n) is 5.91. The number of aryl methyl sites for hydroxylation is 1. The van der Waals surface area contributed by atoms with Crippen LogP contribution in [0.4, 0.5) is 0 Å². The lowest BCUT2D eigenvalue weighted by Gasteiger charge is -2.15. The van der Waals surface area contributed by atoms with Gasteiger partial charge in [0.1, 0.15) is 11.4 Å². The van der Waals surface area contributed by atoms with E-state index >= 15 is 0 Å². The third kappa shape index (κ3) is 3.49. The first kappa shape index (κ1) is 13.0. The summed E-state index contributed by atoms with van der Waals surface area (Å²) >= 11 is 0. The molecule has 0 saturated carbocycles. The lowest BCUT2D eigenvalue weighted by Crippen LogP contribution is -2.11. The van der Waals surface area contributed by atoms with Crippen LogP contribution in [0.15, 0.2) is 12.1 Å². The third-order valence-electron chi connectivity index (χ3n) is 2.85. The van der Waals surface area contributed by atoms with Crippen molar-refractivity contribution >= 4 is 0 Å². The molecule has 1 rings (SSSR count). The van der Waals surface area contributed by atoms with Gasteiger partial charge in [-0.3, -0.25) is 4.98 Å². The molecule has 0 atom stereocenters. The van der Waals surface area contributed by atoms with Crippen molar-refractivity contribution < 1.29 is 9.84 Å². The van der Waals surface area contributed by atoms with Crippen LogP contribution in [0.5, 0.6) is 5.75 Å². The molecule has 0 radical (unpaired) electrons. The highest BCUT2D eigenvalue weighted by atomic mass is 16.5. The Kier molecular flexibility index (Phi) is 5.26. The number of aliphatic hydroxyl groups excluding tert-OH is 1. The van der Waals surface area contributed by atoms with Gasteiger partial charge in [0, 0.05) is 5.69 Å². The van der Waals surface area contributed by atoms with Crippen molar-refractivity contribution in [3.63, 3.8) is 0 Å². The molecule has 3 heteroatoms. The molecule has 0 aliphatic rings. The average molecular weight is 223 g/mol. The van der Waals surface area contributed by atoms with Crippen LogP contribution in [0.3, 0.4) is 0 Å². The van der Waals surface area contributed by atoms with Crippen LogP contribution in [-0.2, 0) is 6.61 Å². The van der Waals surface area contributed by atoms with Crippen molar-refractivity contribution in [3.05, 3.63) is 23.5 Å². The summed E-state index contributed by atoms with van der Waals surface area (Å²) in [6, 6.07) is 3.79. The highest BCUT2D eigenvalue weighted by Crippen LogP contribution is 2.19. The van der Waals surface area contributed by atoms with Gasteiger partial charge in [0.05, 0.1) is 13.2 Å². The van der Waals surface area contributed by atoms with Gasteiger partial charge in [0.25, 0.3) is 0 Å². The Morgan fingerprint density at radius 1 is 1.31 bits per heavy atom. The fraction of sp³-hybridized carbons (Fsp3) is 0.615. The van der Waals surface area contributed by atoms with Gasteiger partial charge in [-0.05, 0) is 25.0 Å². The SMILES string of the molecule is CCC(CC)COc1ccc(C)nc1CO. The molecule has 0 spiro atoms. The van der Waals surface area contributed by atoms with Crippen LogP contribution >= 0.6 is 0 Å². The first-order chi connectivity index (χ1) is 7.71. The summed E-state index contributed by atoms with van der Waals surface area (Å²) in [5.74, 6) is 1.29. The van der Waals surface area contributed by atoms with Crippen molar-refractivity contribution in [3.8, 4) is 5.75 Å². The molecule has 0 saturated heterocycles. The topological polar surface area (TPSA) is 42.4 Å². The van der Waals surface area contributed by atoms with Crippen molar-refractivity contribution in [1.82, 2.24) is 4.98 Å². The van der Waals surface area contributed by atoms with E-state index in [9.17, 15) is 5.11 Å². The van der Waals surface area contributed by atoms with E-state index in [0.29, 0.717) is 24.0 Å². The molecule has 0 aliphatic heterocycles. The molecule has 16 heavy (non-hydrogen) atoms. The van der Waals surface area contributed by atoms with Gasteiger partial charge >= 0.3 is 0 Å². The molecule has 0 amide bonds. The third-order valence-corrected chi connectivity index (χ3v) is 2.85. The zero-order chi connectivity index (χ0) is 12.0. The molecule has 1 N–H and O–H groups in total. The van der Waals surface area contributed by atoms with E-state index in [2.05, 4.69) is 18.8 Å². The van der Waals surface area contributed by atoms with Gasteiger partial charge < -0.3 is 9.84 Å². The second-order valence-electron chi connectivity index (χ2n) is 4.05. The molecule has 0 aromatic carbocycles. The molecule has 90 valence electrons. The zero-order valence-corrected chi connectivity index (χ0v) is 10.4. The number of aliphatic hydroxyl groups is 1. The molecule has 0 aliphatic carbocycles. The molecular weight excluding hydrogens is 202 g/mol. The highest BCUT2D eigenvalue weighted by Gasteiger charge is 2.08. The maximum Gasteiger partial charge on any atom is 0.143 e. The van der Waals surface area contributed by atoms with E-state index in [4.69, 9.17) is 4.74 Å². The lowest BCUT2D eigenvalue weighted by molar-refractivity contribution is 0.223. The Hall–Kier alpha value is -1.09. The fourth-order valence-corrected chi connectivity index (χ4v) is 1.57. The quantitative estimate of drug-likeness (QED) is 0.806. The second kappa shape index (κ2) is 6.48. The number of aromatic nitrogens is 1. The highest BCUT2D eigenvalue weighted by molar-refractivity contribution is 5.28. The minimum atomic E-state index is -0.0695. The van der Waals surface area contributed by atoms with Crippen LogP contribution in [0.1, 0.15) is 38.1 Å². The van der Waals surface area contributed by atoms with Gasteiger partial charge in [-0.15, -0.1) is 0 Å². The maximum absolute atomic E-state index is 9.18. The molecule has 1 aromatic rings. The van der Waals surface area contributed by atoms with Crippen LogP contribution < -0.4 is 4.74 Å². The van der Waals surface area contributed by atoms with Crippen LogP contribution in [0.25, 0.3) is 0 Å². The first-order valence-corrected chi connectivity index (χ1v) is 5.91. The zero-order valence-electron chi connectivity index (χ0n) is 10.4. The minimum Gasteiger partial charge on any atom is -0.491 e. The number of rotatable bonds is 6. The minimum absolute atomic E-state index is 0.0695. The average Bonchev–Trinajstić information content (AvgIpc) is 2.31. The number of hydrogen-bond acceptors (Lipinski definition) is 3. The van der Waals surface area contributed by atoms with Gasteiger partial charge in [-0.2, -0.15) is 0 Å². The number of hydrogen-bond donors (Lipinski definition) is 1. The van der Waals surface area contributed by atoms with E-state index < -0.39 is 0 Å². The van der Waals surface area contributed by atoms with Crippen molar-refractivity contribution in [2.24, 2.45) is 5.92 Å². The lowest BCUT2D eigenvalue weighted by atomic mass is 10.1. The molecular formula is C13H21NO2. The summed E-state index contributed by atoms with van der Waals surface area (Å²) in [6.07, 6.45) is 2.23. The van der Waals surface area contributed by atoms with Gasteiger partial charge in [0.2, 0.25) is 0 Å². The monoisotopic (exact) mass is 223 g/mol. The van der Waals surface area contributed by atoms with E-state index in [1.807, 2.05) is 19.1 Å². The van der Waals surface area contributed by atoms with Crippen molar-refractivity contribution in [2.45, 2.75) is 40.2 Å². The number of nitrogens with zero attached hydrogens (tertiary/aromatic N) is 1. The van der Waals surface area contributed by atoms with Crippen LogP contribution in [0, 0.1) is 12.8 Å². The van der Waals surface area contributed by atoms with Crippen molar-refractivity contribution in [2.75, 3.05) is 6.61 Å². The van der Waals surface area contributed by atoms with E-state index in [-0.39, 0.29) is 6.61 Å². The maximum atomic E-state index is 9.18. The predicted molar refractivity (Wildman–Crippen MR) is 64.5 cm³/mol. The summed E-state index contributed by atoms with van der Waals surface area (Å²) in [5, 5.41) is 9.18. The van der Waals surface area contributed by atoms with Gasteiger partial charge in [-0.25, -0.2) is 0 Å². The summed E-state index contributed by atoms with van der Waals surface area (Å²) in [4.78, 5) is 4.25. The van der Waals surface area contributed by atoms with Gasteiger partial charge in [0.15, 0.2) is 0 Å². The molecule has 1 aromatic heterocycles.